The maximum Gasteiger partial charge on any atom is 0.308 e. The van der Waals surface area contributed by atoms with Crippen LogP contribution < -0.4 is 0 Å². The van der Waals surface area contributed by atoms with E-state index >= 15 is 0 Å². The fourth-order valence-electron chi connectivity index (χ4n) is 1.90. The molecule has 0 radical (unpaired) electrons. The Morgan fingerprint density at radius 2 is 1.05 bits per heavy atom. The van der Waals surface area contributed by atoms with Crippen LogP contribution in [0, 0.1) is 17.8 Å². The van der Waals surface area contributed by atoms with Crippen LogP contribution in [0.15, 0.2) is 0 Å². The van der Waals surface area contributed by atoms with Crippen LogP contribution >= 0.6 is 0 Å². The van der Waals surface area contributed by atoms with Crippen molar-refractivity contribution in [1.82, 2.24) is 0 Å². The molecule has 2 unspecified atom stereocenters. The molecule has 0 aliphatic heterocycles. The van der Waals surface area contributed by atoms with E-state index in [0.29, 0.717) is 0 Å². The van der Waals surface area contributed by atoms with Gasteiger partial charge in [0, 0.05) is 0 Å². The van der Waals surface area contributed by atoms with E-state index in [9.17, 15) is 14.4 Å². The maximum absolute atomic E-state index is 11.7. The highest BCUT2D eigenvalue weighted by atomic mass is 16.5. The van der Waals surface area contributed by atoms with Gasteiger partial charge in [0.1, 0.15) is 0 Å². The van der Waals surface area contributed by atoms with Crippen LogP contribution in [0.2, 0.25) is 0 Å². The van der Waals surface area contributed by atoms with Crippen LogP contribution in [0.5, 0.6) is 0 Å². The van der Waals surface area contributed by atoms with Gasteiger partial charge >= 0.3 is 17.9 Å². The summed E-state index contributed by atoms with van der Waals surface area (Å²) in [6.07, 6.45) is 0.557. The van der Waals surface area contributed by atoms with Crippen molar-refractivity contribution >= 4 is 17.9 Å². The summed E-state index contributed by atoms with van der Waals surface area (Å²) in [4.78, 5) is 34.4. The number of esters is 3. The smallest absolute Gasteiger partial charge is 0.308 e. The van der Waals surface area contributed by atoms with E-state index in [2.05, 4.69) is 9.47 Å². The van der Waals surface area contributed by atoms with Crippen LogP contribution in [0.25, 0.3) is 0 Å². The van der Waals surface area contributed by atoms with E-state index < -0.39 is 23.7 Å². The molecule has 0 saturated heterocycles. The van der Waals surface area contributed by atoms with Gasteiger partial charge in [0.2, 0.25) is 0 Å². The molecule has 6 nitrogen and oxygen atoms in total. The molecule has 0 spiro atoms. The number of rotatable bonds is 7. The van der Waals surface area contributed by atoms with Crippen LogP contribution in [0.3, 0.4) is 0 Å². The average Bonchev–Trinajstić information content (AvgIpc) is 2.43. The van der Waals surface area contributed by atoms with Crippen LogP contribution in [0.1, 0.15) is 26.7 Å². The Morgan fingerprint density at radius 1 is 0.737 bits per heavy atom. The second kappa shape index (κ2) is 8.50. The molecule has 0 amide bonds. The Morgan fingerprint density at radius 3 is 1.32 bits per heavy atom. The molecular weight excluding hydrogens is 252 g/mol. The van der Waals surface area contributed by atoms with Gasteiger partial charge in [-0.25, -0.2) is 0 Å². The third-order valence-electron chi connectivity index (χ3n) is 3.02. The molecule has 0 aromatic carbocycles. The van der Waals surface area contributed by atoms with Crippen molar-refractivity contribution in [2.45, 2.75) is 26.7 Å². The first-order valence-corrected chi connectivity index (χ1v) is 6.10. The Hall–Kier alpha value is -1.59. The van der Waals surface area contributed by atoms with Gasteiger partial charge in [0.25, 0.3) is 0 Å². The van der Waals surface area contributed by atoms with Gasteiger partial charge in [-0.3, -0.25) is 14.4 Å². The molecule has 0 aromatic heterocycles. The summed E-state index contributed by atoms with van der Waals surface area (Å²) in [5.74, 6) is -2.61. The second-order valence-corrected chi connectivity index (χ2v) is 4.54. The summed E-state index contributed by atoms with van der Waals surface area (Å²) < 4.78 is 13.9. The lowest BCUT2D eigenvalue weighted by Gasteiger charge is -2.20. The van der Waals surface area contributed by atoms with Crippen molar-refractivity contribution < 1.29 is 28.6 Å². The van der Waals surface area contributed by atoms with Crippen LogP contribution in [0.4, 0.5) is 0 Å². The first kappa shape index (κ1) is 17.4. The zero-order valence-corrected chi connectivity index (χ0v) is 12.1. The van der Waals surface area contributed by atoms with Gasteiger partial charge in [-0.15, -0.1) is 0 Å². The molecular formula is C13H22O6. The van der Waals surface area contributed by atoms with E-state index in [-0.39, 0.29) is 24.8 Å². The van der Waals surface area contributed by atoms with Crippen LogP contribution in [-0.2, 0) is 28.6 Å². The molecule has 0 aromatic rings. The number of hydrogen-bond acceptors (Lipinski definition) is 6. The molecule has 0 fully saturated rings. The van der Waals surface area contributed by atoms with E-state index in [1.54, 1.807) is 13.8 Å². The minimum Gasteiger partial charge on any atom is -0.469 e. The number of carbonyl (C=O) groups excluding carboxylic acids is 3. The fraction of sp³-hybridized carbons (Fsp3) is 0.769. The molecule has 0 aliphatic rings. The molecule has 0 heterocycles. The predicted molar refractivity (Wildman–Crippen MR) is 67.1 cm³/mol. The summed E-state index contributed by atoms with van der Waals surface area (Å²) in [6, 6.07) is 0. The van der Waals surface area contributed by atoms with E-state index in [4.69, 9.17) is 4.74 Å². The van der Waals surface area contributed by atoms with E-state index in [0.717, 1.165) is 0 Å². The molecule has 0 aliphatic carbocycles. The first-order valence-electron chi connectivity index (χ1n) is 6.10. The topological polar surface area (TPSA) is 78.9 Å². The minimum absolute atomic E-state index is 0.278. The average molecular weight is 274 g/mol. The van der Waals surface area contributed by atoms with E-state index in [1.807, 2.05) is 0 Å². The van der Waals surface area contributed by atoms with E-state index in [1.165, 1.54) is 21.3 Å². The van der Waals surface area contributed by atoms with Gasteiger partial charge in [-0.05, 0) is 12.8 Å². The Bertz CT molecular complexity index is 301. The quantitative estimate of drug-likeness (QED) is 0.512. The number of methoxy groups -OCH3 is 3. The monoisotopic (exact) mass is 274 g/mol. The number of carbonyl (C=O) groups is 3. The Balaban J connectivity index is 4.69. The summed E-state index contributed by atoms with van der Waals surface area (Å²) in [7, 11) is 3.87. The van der Waals surface area contributed by atoms with Crippen molar-refractivity contribution in [3.8, 4) is 0 Å². The first-order chi connectivity index (χ1) is 8.87. The Kier molecular flexibility index (Phi) is 7.79. The molecule has 0 rings (SSSR count). The number of ether oxygens (including phenoxy) is 3. The van der Waals surface area contributed by atoms with Crippen molar-refractivity contribution in [3.05, 3.63) is 0 Å². The largest absolute Gasteiger partial charge is 0.469 e. The lowest BCUT2D eigenvalue weighted by Crippen LogP contribution is -2.27. The standard InChI is InChI=1S/C13H22O6/c1-8(11(14)17-3)6-10(13(16)19-5)7-9(2)12(15)18-4/h8-10H,6-7H2,1-5H3. The molecule has 110 valence electrons. The SMILES string of the molecule is COC(=O)C(C)CC(CC(C)C(=O)OC)C(=O)OC. The summed E-state index contributed by atoms with van der Waals surface area (Å²) in [5, 5.41) is 0. The summed E-state index contributed by atoms with van der Waals surface area (Å²) in [6.45, 7) is 3.34. The zero-order valence-electron chi connectivity index (χ0n) is 12.1. The van der Waals surface area contributed by atoms with Crippen molar-refractivity contribution in [3.63, 3.8) is 0 Å². The van der Waals surface area contributed by atoms with Crippen LogP contribution in [-0.4, -0.2) is 39.2 Å². The highest BCUT2D eigenvalue weighted by molar-refractivity contribution is 5.77. The van der Waals surface area contributed by atoms with Crippen molar-refractivity contribution in [1.29, 1.82) is 0 Å². The highest BCUT2D eigenvalue weighted by Crippen LogP contribution is 2.23. The normalized spacial score (nSPS) is 15.0. The third-order valence-corrected chi connectivity index (χ3v) is 3.02. The maximum atomic E-state index is 11.7. The van der Waals surface area contributed by atoms with Gasteiger partial charge < -0.3 is 14.2 Å². The molecule has 2 atom stereocenters. The second-order valence-electron chi connectivity index (χ2n) is 4.54. The lowest BCUT2D eigenvalue weighted by molar-refractivity contribution is -0.151. The predicted octanol–water partition coefficient (Wildman–Crippen LogP) is 1.17. The molecule has 0 N–H and O–H groups in total. The van der Waals surface area contributed by atoms with Gasteiger partial charge in [0.15, 0.2) is 0 Å². The van der Waals surface area contributed by atoms with Crippen molar-refractivity contribution in [2.75, 3.05) is 21.3 Å². The zero-order chi connectivity index (χ0) is 15.0. The summed E-state index contributed by atoms with van der Waals surface area (Å²) >= 11 is 0. The molecule has 0 bridgehead atoms. The van der Waals surface area contributed by atoms with Gasteiger partial charge in [-0.1, -0.05) is 13.8 Å². The van der Waals surface area contributed by atoms with Gasteiger partial charge in [-0.2, -0.15) is 0 Å². The number of hydrogen-bond donors (Lipinski definition) is 0. The van der Waals surface area contributed by atoms with Gasteiger partial charge in [0.05, 0.1) is 39.1 Å². The molecule has 6 heteroatoms. The minimum atomic E-state index is -0.534. The fourth-order valence-corrected chi connectivity index (χ4v) is 1.90. The third kappa shape index (κ3) is 5.72. The summed E-state index contributed by atoms with van der Waals surface area (Å²) in [5.41, 5.74) is 0. The molecule has 19 heavy (non-hydrogen) atoms. The Labute approximate surface area is 113 Å². The highest BCUT2D eigenvalue weighted by Gasteiger charge is 2.29. The molecule has 0 saturated carbocycles. The lowest BCUT2D eigenvalue weighted by atomic mass is 9.88. The van der Waals surface area contributed by atoms with Crippen molar-refractivity contribution in [2.24, 2.45) is 17.8 Å².